The zero-order chi connectivity index (χ0) is 17.9. The van der Waals surface area contributed by atoms with Crippen LogP contribution < -0.4 is 10.1 Å². The Morgan fingerprint density at radius 1 is 1.29 bits per heavy atom. The molecule has 130 valence electrons. The molecule has 0 bridgehead atoms. The third-order valence-corrected chi connectivity index (χ3v) is 3.77. The Hall–Kier alpha value is -2.28. The first kappa shape index (κ1) is 18.1. The van der Waals surface area contributed by atoms with Gasteiger partial charge in [0.25, 0.3) is 5.91 Å². The van der Waals surface area contributed by atoms with Crippen molar-refractivity contribution in [2.24, 2.45) is 0 Å². The highest BCUT2D eigenvalue weighted by atomic mass is 35.5. The Bertz CT molecular complexity index is 664. The molecule has 24 heavy (non-hydrogen) atoms. The number of urea groups is 1. The number of carbonyl (C=O) groups excluding carboxylic acids is 3. The molecule has 1 aromatic carbocycles. The summed E-state index contributed by atoms with van der Waals surface area (Å²) in [6.45, 7) is 5.40. The molecule has 2 atom stereocenters. The summed E-state index contributed by atoms with van der Waals surface area (Å²) < 4.78 is 10.7. The van der Waals surface area contributed by atoms with E-state index in [9.17, 15) is 14.4 Å². The van der Waals surface area contributed by atoms with Gasteiger partial charge in [-0.1, -0.05) is 11.6 Å². The summed E-state index contributed by atoms with van der Waals surface area (Å²) in [5.41, 5.74) is 0.778. The summed E-state index contributed by atoms with van der Waals surface area (Å²) in [5, 5.41) is 3.08. The number of hydrogen-bond donors (Lipinski definition) is 1. The van der Waals surface area contributed by atoms with Crippen LogP contribution in [0.3, 0.4) is 0 Å². The normalized spacial score (nSPS) is 16.3. The smallest absolute Gasteiger partial charge is 0.347 e. The maximum atomic E-state index is 12.1. The predicted molar refractivity (Wildman–Crippen MR) is 86.9 cm³/mol. The molecule has 1 heterocycles. The van der Waals surface area contributed by atoms with Crippen molar-refractivity contribution < 1.29 is 23.9 Å². The second kappa shape index (κ2) is 7.53. The van der Waals surface area contributed by atoms with Crippen molar-refractivity contribution in [1.82, 2.24) is 10.2 Å². The first-order valence-corrected chi connectivity index (χ1v) is 7.90. The average molecular weight is 355 g/mol. The molecule has 0 aliphatic carbocycles. The SMILES string of the molecule is Cc1cc(Cl)ccc1O[C@H](C)C(=O)O[C@@H](C)C(=O)N1CCNC1=O. The quantitative estimate of drug-likeness (QED) is 0.816. The highest BCUT2D eigenvalue weighted by molar-refractivity contribution is 6.30. The molecule has 1 fully saturated rings. The van der Waals surface area contributed by atoms with Crippen molar-refractivity contribution in [3.63, 3.8) is 0 Å². The van der Waals surface area contributed by atoms with Gasteiger partial charge in [-0.05, 0) is 44.5 Å². The number of hydrogen-bond acceptors (Lipinski definition) is 5. The number of amides is 3. The molecule has 0 radical (unpaired) electrons. The summed E-state index contributed by atoms with van der Waals surface area (Å²) in [7, 11) is 0. The summed E-state index contributed by atoms with van der Waals surface area (Å²) >= 11 is 5.87. The highest BCUT2D eigenvalue weighted by Gasteiger charge is 2.32. The van der Waals surface area contributed by atoms with E-state index in [1.807, 2.05) is 0 Å². The number of benzene rings is 1. The van der Waals surface area contributed by atoms with Gasteiger partial charge >= 0.3 is 12.0 Å². The number of aryl methyl sites for hydroxylation is 1. The van der Waals surface area contributed by atoms with Crippen LogP contribution in [0.5, 0.6) is 5.75 Å². The lowest BCUT2D eigenvalue weighted by Crippen LogP contribution is -2.43. The summed E-state index contributed by atoms with van der Waals surface area (Å²) in [6.07, 6.45) is -1.98. The number of imide groups is 1. The van der Waals surface area contributed by atoms with Crippen molar-refractivity contribution in [2.75, 3.05) is 13.1 Å². The van der Waals surface area contributed by atoms with Crippen LogP contribution in [0.15, 0.2) is 18.2 Å². The number of rotatable bonds is 5. The molecule has 2 rings (SSSR count). The Balaban J connectivity index is 1.93. The second-order valence-corrected chi connectivity index (χ2v) is 5.91. The molecule has 1 aliphatic heterocycles. The molecule has 8 heteroatoms. The largest absolute Gasteiger partial charge is 0.479 e. The van der Waals surface area contributed by atoms with Crippen LogP contribution in [0.1, 0.15) is 19.4 Å². The van der Waals surface area contributed by atoms with Gasteiger partial charge in [-0.25, -0.2) is 9.59 Å². The fraction of sp³-hybridized carbons (Fsp3) is 0.438. The van der Waals surface area contributed by atoms with Gasteiger partial charge in [-0.15, -0.1) is 0 Å². The summed E-state index contributed by atoms with van der Waals surface area (Å²) in [4.78, 5) is 36.7. The Kier molecular flexibility index (Phi) is 5.66. The minimum atomic E-state index is -1.07. The van der Waals surface area contributed by atoms with Gasteiger partial charge in [0.05, 0.1) is 0 Å². The van der Waals surface area contributed by atoms with Gasteiger partial charge in [-0.3, -0.25) is 9.69 Å². The maximum Gasteiger partial charge on any atom is 0.347 e. The Morgan fingerprint density at radius 3 is 2.58 bits per heavy atom. The van der Waals surface area contributed by atoms with Crippen LogP contribution >= 0.6 is 11.6 Å². The van der Waals surface area contributed by atoms with Gasteiger partial charge in [0, 0.05) is 18.1 Å². The van der Waals surface area contributed by atoms with Crippen LogP contribution in [0, 0.1) is 6.92 Å². The van der Waals surface area contributed by atoms with E-state index in [-0.39, 0.29) is 6.54 Å². The molecule has 0 saturated carbocycles. The van der Waals surface area contributed by atoms with Crippen molar-refractivity contribution >= 4 is 29.5 Å². The molecular weight excluding hydrogens is 336 g/mol. The molecule has 1 saturated heterocycles. The maximum absolute atomic E-state index is 12.1. The third kappa shape index (κ3) is 4.17. The minimum absolute atomic E-state index is 0.260. The van der Waals surface area contributed by atoms with E-state index in [1.165, 1.54) is 13.8 Å². The van der Waals surface area contributed by atoms with Crippen molar-refractivity contribution in [3.8, 4) is 5.75 Å². The fourth-order valence-electron chi connectivity index (χ4n) is 2.21. The van der Waals surface area contributed by atoms with E-state index in [0.29, 0.717) is 17.3 Å². The third-order valence-electron chi connectivity index (χ3n) is 3.54. The van der Waals surface area contributed by atoms with E-state index < -0.39 is 30.1 Å². The lowest BCUT2D eigenvalue weighted by atomic mass is 10.2. The molecule has 1 aliphatic rings. The summed E-state index contributed by atoms with van der Waals surface area (Å²) in [6, 6.07) is 4.54. The first-order valence-electron chi connectivity index (χ1n) is 7.52. The molecule has 7 nitrogen and oxygen atoms in total. The molecule has 3 amide bonds. The zero-order valence-corrected chi connectivity index (χ0v) is 14.4. The zero-order valence-electron chi connectivity index (χ0n) is 13.7. The van der Waals surface area contributed by atoms with Gasteiger partial charge in [0.1, 0.15) is 5.75 Å². The minimum Gasteiger partial charge on any atom is -0.479 e. The number of esters is 1. The predicted octanol–water partition coefficient (Wildman–Crippen LogP) is 1.90. The number of nitrogens with zero attached hydrogens (tertiary/aromatic N) is 1. The van der Waals surface area contributed by atoms with Crippen LogP contribution in [0.2, 0.25) is 5.02 Å². The Labute approximate surface area is 144 Å². The van der Waals surface area contributed by atoms with Crippen LogP contribution in [-0.4, -0.2) is 48.1 Å². The molecular formula is C16H19ClN2O5. The van der Waals surface area contributed by atoms with Crippen molar-refractivity contribution in [1.29, 1.82) is 0 Å². The number of halogens is 1. The lowest BCUT2D eigenvalue weighted by molar-refractivity contribution is -0.163. The number of ether oxygens (including phenoxy) is 2. The Morgan fingerprint density at radius 2 is 2.00 bits per heavy atom. The topological polar surface area (TPSA) is 84.9 Å². The van der Waals surface area contributed by atoms with E-state index in [2.05, 4.69) is 5.32 Å². The van der Waals surface area contributed by atoms with Crippen LogP contribution in [0.4, 0.5) is 4.79 Å². The van der Waals surface area contributed by atoms with E-state index in [1.54, 1.807) is 25.1 Å². The monoisotopic (exact) mass is 354 g/mol. The fourth-order valence-corrected chi connectivity index (χ4v) is 2.43. The first-order chi connectivity index (χ1) is 11.3. The van der Waals surface area contributed by atoms with Crippen LogP contribution in [0.25, 0.3) is 0 Å². The van der Waals surface area contributed by atoms with E-state index in [0.717, 1.165) is 10.5 Å². The molecule has 1 aromatic rings. The van der Waals surface area contributed by atoms with Gasteiger partial charge < -0.3 is 14.8 Å². The molecule has 1 N–H and O–H groups in total. The molecule has 0 unspecified atom stereocenters. The number of carbonyl (C=O) groups is 3. The van der Waals surface area contributed by atoms with E-state index >= 15 is 0 Å². The standard InChI is InChI=1S/C16H19ClN2O5/c1-9-8-12(17)4-5-13(9)23-11(3)15(21)24-10(2)14(20)19-7-6-18-16(19)22/h4-5,8,10-11H,6-7H2,1-3H3,(H,18,22)/t10-,11+/m0/s1. The van der Waals surface area contributed by atoms with Crippen molar-refractivity contribution in [2.45, 2.75) is 33.0 Å². The van der Waals surface area contributed by atoms with E-state index in [4.69, 9.17) is 21.1 Å². The molecule has 0 spiro atoms. The lowest BCUT2D eigenvalue weighted by Gasteiger charge is -2.21. The average Bonchev–Trinajstić information content (AvgIpc) is 2.95. The van der Waals surface area contributed by atoms with Gasteiger partial charge in [-0.2, -0.15) is 0 Å². The number of nitrogens with one attached hydrogen (secondary N) is 1. The molecule has 0 aromatic heterocycles. The van der Waals surface area contributed by atoms with Gasteiger partial charge in [0.2, 0.25) is 0 Å². The van der Waals surface area contributed by atoms with Gasteiger partial charge in [0.15, 0.2) is 12.2 Å². The van der Waals surface area contributed by atoms with Crippen LogP contribution in [-0.2, 0) is 14.3 Å². The summed E-state index contributed by atoms with van der Waals surface area (Å²) in [5.74, 6) is -0.750. The second-order valence-electron chi connectivity index (χ2n) is 5.47. The highest BCUT2D eigenvalue weighted by Crippen LogP contribution is 2.23. The van der Waals surface area contributed by atoms with Crippen molar-refractivity contribution in [3.05, 3.63) is 28.8 Å².